The molecular weight excluding hydrogens is 50.8 g/mol. The molecule has 4 heavy (non-hydrogen) atoms. The average Bonchev–Trinajstić information content (AvgIpc) is 1.37. The van der Waals surface area contributed by atoms with Crippen LogP contribution in [0.25, 0.3) is 0 Å². The Balaban J connectivity index is 1.97. The van der Waals surface area contributed by atoms with Crippen LogP contribution in [0.1, 0.15) is 0 Å². The van der Waals surface area contributed by atoms with Gasteiger partial charge in [-0.25, -0.2) is 0 Å². The first kappa shape index (κ1) is 3.98. The number of hydrazine groups is 1. The van der Waals surface area contributed by atoms with Gasteiger partial charge in [-0.05, 0) is 0 Å². The lowest BCUT2D eigenvalue weighted by Gasteiger charge is -1.73. The van der Waals surface area contributed by atoms with E-state index in [1.807, 2.05) is 6.82 Å². The monoisotopic (exact) mass is 58.1 g/mol. The minimum atomic E-state index is 0.847. The molecule has 0 aliphatic heterocycles. The molecule has 0 unspecified atom stereocenters. The summed E-state index contributed by atoms with van der Waals surface area (Å²) in [7, 11) is 0.847. The van der Waals surface area contributed by atoms with E-state index in [1.54, 1.807) is 0 Å². The number of nitrogens with one attached hydrogen (secondary N) is 1. The van der Waals surface area contributed by atoms with Crippen molar-refractivity contribution in [1.29, 1.82) is 0 Å². The quantitative estimate of drug-likeness (QED) is 0.227. The van der Waals surface area contributed by atoms with E-state index in [9.17, 15) is 0 Å². The van der Waals surface area contributed by atoms with Crippen molar-refractivity contribution >= 4 is 7.41 Å². The van der Waals surface area contributed by atoms with Crippen molar-refractivity contribution in [3.8, 4) is 0 Å². The lowest BCUT2D eigenvalue weighted by Crippen LogP contribution is -2.23. The molecule has 3 heteroatoms. The molecule has 0 rings (SSSR count). The molecule has 0 fully saturated rings. The third-order valence-corrected chi connectivity index (χ3v) is 0.204. The fraction of sp³-hybridized carbons (Fsp3) is 1.00. The minimum absolute atomic E-state index is 0.847. The van der Waals surface area contributed by atoms with E-state index in [0.717, 1.165) is 7.41 Å². The van der Waals surface area contributed by atoms with Gasteiger partial charge in [0.05, 0.1) is 0 Å². The number of nitrogens with two attached hydrogens (primary N) is 1. The maximum atomic E-state index is 4.78. The minimum Gasteiger partial charge on any atom is -0.304 e. The van der Waals surface area contributed by atoms with E-state index < -0.39 is 0 Å². The van der Waals surface area contributed by atoms with E-state index in [1.165, 1.54) is 0 Å². The lowest BCUT2D eigenvalue weighted by molar-refractivity contribution is 1.08. The standard InChI is InChI=1S/CH7BN2/c1-2-4-3/h2,4H,3H2,1H3. The Labute approximate surface area is 26.6 Å². The highest BCUT2D eigenvalue weighted by atomic mass is 15.1. The zero-order valence-electron chi connectivity index (χ0n) is 2.78. The van der Waals surface area contributed by atoms with Gasteiger partial charge in [-0.3, -0.25) is 5.84 Å². The number of rotatable bonds is 1. The fourth-order valence-electron chi connectivity index (χ4n) is 0. The van der Waals surface area contributed by atoms with Crippen LogP contribution < -0.4 is 11.2 Å². The van der Waals surface area contributed by atoms with Crippen molar-refractivity contribution in [2.24, 2.45) is 5.84 Å². The summed E-state index contributed by atoms with van der Waals surface area (Å²) in [6.45, 7) is 1.94. The van der Waals surface area contributed by atoms with Gasteiger partial charge in [-0.2, -0.15) is 0 Å². The molecule has 0 amide bonds. The van der Waals surface area contributed by atoms with Crippen LogP contribution in [0.3, 0.4) is 0 Å². The third-order valence-electron chi connectivity index (χ3n) is 0.204. The zero-order valence-corrected chi connectivity index (χ0v) is 2.78. The predicted molar refractivity (Wildman–Crippen MR) is 20.3 cm³/mol. The Kier molecular flexibility index (Phi) is 2.97. The maximum absolute atomic E-state index is 4.78. The number of hydrogen-bond acceptors (Lipinski definition) is 2. The highest BCUT2D eigenvalue weighted by Crippen LogP contribution is 1.25. The van der Waals surface area contributed by atoms with E-state index in [0.29, 0.717) is 0 Å². The summed E-state index contributed by atoms with van der Waals surface area (Å²) in [5.74, 6) is 4.78. The first-order valence-electron chi connectivity index (χ1n) is 1.35. The van der Waals surface area contributed by atoms with E-state index in [2.05, 4.69) is 5.34 Å². The van der Waals surface area contributed by atoms with Gasteiger partial charge in [0, 0.05) is 0 Å². The van der Waals surface area contributed by atoms with Gasteiger partial charge >= 0.3 is 0 Å². The Morgan fingerprint density at radius 3 is 2.25 bits per heavy atom. The molecule has 24 valence electrons. The summed E-state index contributed by atoms with van der Waals surface area (Å²) < 4.78 is 0. The van der Waals surface area contributed by atoms with Crippen molar-refractivity contribution in [1.82, 2.24) is 5.34 Å². The maximum Gasteiger partial charge on any atom is 0.215 e. The summed E-state index contributed by atoms with van der Waals surface area (Å²) >= 11 is 0. The topological polar surface area (TPSA) is 38.0 Å². The fourth-order valence-corrected chi connectivity index (χ4v) is 0. The van der Waals surface area contributed by atoms with Gasteiger partial charge < -0.3 is 5.34 Å². The summed E-state index contributed by atoms with van der Waals surface area (Å²) in [6.07, 6.45) is 0. The van der Waals surface area contributed by atoms with Crippen LogP contribution in [0.2, 0.25) is 6.82 Å². The van der Waals surface area contributed by atoms with Crippen LogP contribution in [-0.4, -0.2) is 7.41 Å². The summed E-state index contributed by atoms with van der Waals surface area (Å²) in [5.41, 5.74) is 0. The SMILES string of the molecule is CBNN. The lowest BCUT2D eigenvalue weighted by atomic mass is 10.0. The normalized spacial score (nSPS) is 6.50. The molecule has 0 aromatic heterocycles. The van der Waals surface area contributed by atoms with Gasteiger partial charge in [0.15, 0.2) is 0 Å². The third kappa shape index (κ3) is 1.98. The van der Waals surface area contributed by atoms with Gasteiger partial charge in [0.25, 0.3) is 0 Å². The molecule has 0 aromatic carbocycles. The molecule has 0 spiro atoms. The van der Waals surface area contributed by atoms with Crippen LogP contribution in [-0.2, 0) is 0 Å². The van der Waals surface area contributed by atoms with Crippen molar-refractivity contribution in [2.75, 3.05) is 0 Å². The van der Waals surface area contributed by atoms with Crippen molar-refractivity contribution < 1.29 is 0 Å². The molecule has 2 nitrogen and oxygen atoms in total. The Morgan fingerprint density at radius 1 is 2.00 bits per heavy atom. The van der Waals surface area contributed by atoms with Crippen LogP contribution in [0.15, 0.2) is 0 Å². The second-order valence-electron chi connectivity index (χ2n) is 0.558. The van der Waals surface area contributed by atoms with Crippen LogP contribution in [0, 0.1) is 0 Å². The molecule has 3 N–H and O–H groups in total. The molecule has 0 atom stereocenters. The highest BCUT2D eigenvalue weighted by molar-refractivity contribution is 6.29. The smallest absolute Gasteiger partial charge is 0.215 e. The van der Waals surface area contributed by atoms with Crippen LogP contribution >= 0.6 is 0 Å². The van der Waals surface area contributed by atoms with Gasteiger partial charge in [-0.1, -0.05) is 6.82 Å². The first-order valence-corrected chi connectivity index (χ1v) is 1.35. The molecule has 0 aliphatic rings. The molecular formula is CH7BN2. The second kappa shape index (κ2) is 2.98. The largest absolute Gasteiger partial charge is 0.304 e. The van der Waals surface area contributed by atoms with Gasteiger partial charge in [0.1, 0.15) is 0 Å². The van der Waals surface area contributed by atoms with E-state index in [-0.39, 0.29) is 0 Å². The zero-order chi connectivity index (χ0) is 3.41. The molecule has 0 saturated carbocycles. The van der Waals surface area contributed by atoms with Crippen LogP contribution in [0.5, 0.6) is 0 Å². The van der Waals surface area contributed by atoms with E-state index in [4.69, 9.17) is 5.84 Å². The predicted octanol–water partition coefficient (Wildman–Crippen LogP) is -1.15. The summed E-state index contributed by atoms with van der Waals surface area (Å²) in [5, 5.41) is 2.43. The summed E-state index contributed by atoms with van der Waals surface area (Å²) in [4.78, 5) is 0. The number of hydrogen-bond donors (Lipinski definition) is 2. The Bertz CT molecular complexity index is 8.00. The molecule has 0 aromatic rings. The molecule has 0 bridgehead atoms. The molecule has 0 radical (unpaired) electrons. The van der Waals surface area contributed by atoms with Crippen molar-refractivity contribution in [3.05, 3.63) is 0 Å². The van der Waals surface area contributed by atoms with Crippen LogP contribution in [0.4, 0.5) is 0 Å². The van der Waals surface area contributed by atoms with Crippen molar-refractivity contribution in [3.63, 3.8) is 0 Å². The van der Waals surface area contributed by atoms with Crippen molar-refractivity contribution in [2.45, 2.75) is 6.82 Å². The van der Waals surface area contributed by atoms with E-state index >= 15 is 0 Å². The second-order valence-corrected chi connectivity index (χ2v) is 0.558. The highest BCUT2D eigenvalue weighted by Gasteiger charge is 1.57. The van der Waals surface area contributed by atoms with Gasteiger partial charge in [-0.15, -0.1) is 0 Å². The molecule has 0 heterocycles. The Hall–Kier alpha value is -0.0151. The average molecular weight is 57.9 g/mol. The molecule has 0 aliphatic carbocycles. The Morgan fingerprint density at radius 2 is 2.25 bits per heavy atom. The molecule has 0 saturated heterocycles. The first-order chi connectivity index (χ1) is 1.91. The summed E-state index contributed by atoms with van der Waals surface area (Å²) in [6, 6.07) is 0. The van der Waals surface area contributed by atoms with Gasteiger partial charge in [0.2, 0.25) is 7.41 Å².